The van der Waals surface area contributed by atoms with Crippen LogP contribution in [0.3, 0.4) is 0 Å². The lowest BCUT2D eigenvalue weighted by molar-refractivity contribution is 0.476. The van der Waals surface area contributed by atoms with E-state index >= 15 is 0 Å². The van der Waals surface area contributed by atoms with Crippen LogP contribution in [0.5, 0.6) is 5.75 Å². The van der Waals surface area contributed by atoms with Crippen molar-refractivity contribution >= 4 is 34.0 Å². The molecule has 0 aliphatic heterocycles. The number of benzene rings is 1. The fourth-order valence-corrected chi connectivity index (χ4v) is 2.66. The molecule has 0 amide bonds. The summed E-state index contributed by atoms with van der Waals surface area (Å²) in [7, 11) is 0. The fourth-order valence-electron chi connectivity index (χ4n) is 1.57. The van der Waals surface area contributed by atoms with Gasteiger partial charge in [0.1, 0.15) is 11.6 Å². The third kappa shape index (κ3) is 1.47. The van der Waals surface area contributed by atoms with Crippen LogP contribution < -0.4 is 0 Å². The van der Waals surface area contributed by atoms with Gasteiger partial charge in [0.2, 0.25) is 0 Å². The summed E-state index contributed by atoms with van der Waals surface area (Å²) in [4.78, 5) is 8.47. The molecular weight excluding hydrogens is 244 g/mol. The van der Waals surface area contributed by atoms with Gasteiger partial charge in [0, 0.05) is 6.07 Å². The molecule has 0 radical (unpaired) electrons. The van der Waals surface area contributed by atoms with Crippen molar-refractivity contribution in [1.29, 1.82) is 0 Å². The van der Waals surface area contributed by atoms with Gasteiger partial charge in [-0.05, 0) is 23.6 Å². The van der Waals surface area contributed by atoms with Crippen LogP contribution in [0.25, 0.3) is 21.7 Å². The third-order valence-electron chi connectivity index (χ3n) is 2.30. The lowest BCUT2D eigenvalue weighted by Crippen LogP contribution is -1.74. The quantitative estimate of drug-likeness (QED) is 0.693. The number of phenolic OH excluding ortho intramolecular Hbond substituents is 1. The van der Waals surface area contributed by atoms with Gasteiger partial charge in [-0.3, -0.25) is 0 Å². The molecule has 0 bridgehead atoms. The summed E-state index contributed by atoms with van der Waals surface area (Å²) in [6.45, 7) is 0. The summed E-state index contributed by atoms with van der Waals surface area (Å²) in [6, 6.07) is 6.87. The summed E-state index contributed by atoms with van der Waals surface area (Å²) in [6.07, 6.45) is 0. The lowest BCUT2D eigenvalue weighted by Gasteiger charge is -1.90. The number of nitrogens with one attached hydrogen (secondary N) is 1. The van der Waals surface area contributed by atoms with Gasteiger partial charge < -0.3 is 10.1 Å². The van der Waals surface area contributed by atoms with E-state index in [1.54, 1.807) is 18.2 Å². The number of phenols is 1. The van der Waals surface area contributed by atoms with Gasteiger partial charge in [0.05, 0.1) is 20.9 Å². The number of aromatic amines is 1. The number of imidazole rings is 1. The largest absolute Gasteiger partial charge is 0.508 e. The van der Waals surface area contributed by atoms with Crippen molar-refractivity contribution in [3.63, 3.8) is 0 Å². The van der Waals surface area contributed by atoms with Crippen LogP contribution in [0.15, 0.2) is 29.6 Å². The molecule has 0 unspecified atom stereocenters. The zero-order valence-electron chi connectivity index (χ0n) is 8.07. The highest BCUT2D eigenvalue weighted by Crippen LogP contribution is 2.32. The maximum Gasteiger partial charge on any atom is 0.150 e. The summed E-state index contributed by atoms with van der Waals surface area (Å²) in [5.74, 6) is 0.959. The molecule has 3 aromatic rings. The summed E-state index contributed by atoms with van der Waals surface area (Å²) in [5.41, 5.74) is 1.62. The van der Waals surface area contributed by atoms with Crippen molar-refractivity contribution in [3.05, 3.63) is 34.7 Å². The number of fused-ring (bicyclic) bond motifs is 1. The van der Waals surface area contributed by atoms with Crippen LogP contribution in [0.1, 0.15) is 0 Å². The zero-order valence-corrected chi connectivity index (χ0v) is 9.64. The number of rotatable bonds is 1. The number of aromatic nitrogens is 2. The van der Waals surface area contributed by atoms with E-state index in [9.17, 15) is 5.11 Å². The maximum atomic E-state index is 9.35. The van der Waals surface area contributed by atoms with E-state index in [0.29, 0.717) is 5.02 Å². The van der Waals surface area contributed by atoms with Crippen molar-refractivity contribution in [2.75, 3.05) is 0 Å². The van der Waals surface area contributed by atoms with E-state index in [-0.39, 0.29) is 5.75 Å². The molecule has 0 saturated heterocycles. The molecule has 2 heterocycles. The number of hydrogen-bond donors (Lipinski definition) is 2. The number of halogens is 1. The molecule has 0 aliphatic carbocycles. The highest BCUT2D eigenvalue weighted by molar-refractivity contribution is 7.14. The predicted octanol–water partition coefficient (Wildman–Crippen LogP) is 3.65. The molecule has 0 aliphatic rings. The Bertz CT molecular complexity index is 659. The van der Waals surface area contributed by atoms with Crippen LogP contribution >= 0.6 is 22.9 Å². The minimum absolute atomic E-state index is 0.222. The van der Waals surface area contributed by atoms with Gasteiger partial charge in [-0.25, -0.2) is 4.98 Å². The van der Waals surface area contributed by atoms with Gasteiger partial charge in [0.25, 0.3) is 0 Å². The van der Waals surface area contributed by atoms with E-state index in [4.69, 9.17) is 11.6 Å². The van der Waals surface area contributed by atoms with Crippen molar-refractivity contribution in [2.24, 2.45) is 0 Å². The van der Waals surface area contributed by atoms with Crippen LogP contribution in [0.2, 0.25) is 5.02 Å². The van der Waals surface area contributed by atoms with E-state index in [1.807, 2.05) is 11.4 Å². The second-order valence-electron chi connectivity index (χ2n) is 3.38. The monoisotopic (exact) mass is 250 g/mol. The van der Waals surface area contributed by atoms with Gasteiger partial charge in [0.15, 0.2) is 0 Å². The number of thiophene rings is 1. The lowest BCUT2D eigenvalue weighted by atomic mass is 10.3. The standard InChI is InChI=1S/C11H7ClN2OS/c12-7-3-4-16-10(7)11-13-8-2-1-6(15)5-9(8)14-11/h1-5,15H,(H,13,14). The predicted molar refractivity (Wildman–Crippen MR) is 66.1 cm³/mol. The maximum absolute atomic E-state index is 9.35. The molecule has 3 nitrogen and oxygen atoms in total. The molecule has 16 heavy (non-hydrogen) atoms. The number of aromatic hydroxyl groups is 1. The van der Waals surface area contributed by atoms with Crippen LogP contribution in [-0.4, -0.2) is 15.1 Å². The Morgan fingerprint density at radius 3 is 2.94 bits per heavy atom. The van der Waals surface area contributed by atoms with Gasteiger partial charge in [-0.1, -0.05) is 11.6 Å². The highest BCUT2D eigenvalue weighted by Gasteiger charge is 2.10. The Kier molecular flexibility index (Phi) is 2.12. The first-order chi connectivity index (χ1) is 7.74. The Morgan fingerprint density at radius 2 is 2.19 bits per heavy atom. The molecule has 0 atom stereocenters. The molecule has 80 valence electrons. The van der Waals surface area contributed by atoms with Gasteiger partial charge in [-0.2, -0.15) is 0 Å². The van der Waals surface area contributed by atoms with Crippen LogP contribution in [0, 0.1) is 0 Å². The first kappa shape index (κ1) is 9.69. The number of H-pyrrole nitrogens is 1. The SMILES string of the molecule is Oc1ccc2nc(-c3sccc3Cl)[nH]c2c1. The van der Waals surface area contributed by atoms with Crippen LogP contribution in [-0.2, 0) is 0 Å². The fraction of sp³-hybridized carbons (Fsp3) is 0. The Morgan fingerprint density at radius 1 is 1.31 bits per heavy atom. The molecule has 0 fully saturated rings. The highest BCUT2D eigenvalue weighted by atomic mass is 35.5. The number of nitrogens with zero attached hydrogens (tertiary/aromatic N) is 1. The van der Waals surface area contributed by atoms with Crippen molar-refractivity contribution in [2.45, 2.75) is 0 Å². The van der Waals surface area contributed by atoms with Crippen molar-refractivity contribution in [3.8, 4) is 16.5 Å². The minimum atomic E-state index is 0.222. The minimum Gasteiger partial charge on any atom is -0.508 e. The molecular formula is C11H7ClN2OS. The molecule has 2 aromatic heterocycles. The number of hydrogen-bond acceptors (Lipinski definition) is 3. The van der Waals surface area contributed by atoms with Gasteiger partial charge >= 0.3 is 0 Å². The normalized spacial score (nSPS) is 11.1. The average molecular weight is 251 g/mol. The molecule has 3 rings (SSSR count). The Labute approximate surface area is 100 Å². The van der Waals surface area contributed by atoms with Crippen molar-refractivity contribution in [1.82, 2.24) is 9.97 Å². The third-order valence-corrected chi connectivity index (χ3v) is 3.65. The Balaban J connectivity index is 2.23. The molecule has 0 spiro atoms. The van der Waals surface area contributed by atoms with E-state index < -0.39 is 0 Å². The topological polar surface area (TPSA) is 48.9 Å². The second-order valence-corrected chi connectivity index (χ2v) is 4.71. The summed E-state index contributed by atoms with van der Waals surface area (Å²) in [5, 5.41) is 12.0. The zero-order chi connectivity index (χ0) is 11.1. The second kappa shape index (κ2) is 3.50. The first-order valence-electron chi connectivity index (χ1n) is 4.66. The molecule has 1 aromatic carbocycles. The van der Waals surface area contributed by atoms with Crippen molar-refractivity contribution < 1.29 is 5.11 Å². The van der Waals surface area contributed by atoms with E-state index in [2.05, 4.69) is 9.97 Å². The first-order valence-corrected chi connectivity index (χ1v) is 5.92. The average Bonchev–Trinajstić information content (AvgIpc) is 2.82. The molecule has 5 heteroatoms. The Hall–Kier alpha value is -1.52. The van der Waals surface area contributed by atoms with Gasteiger partial charge in [-0.15, -0.1) is 11.3 Å². The summed E-state index contributed by atoms with van der Waals surface area (Å²) < 4.78 is 0. The van der Waals surface area contributed by atoms with Crippen LogP contribution in [0.4, 0.5) is 0 Å². The van der Waals surface area contributed by atoms with E-state index in [0.717, 1.165) is 21.7 Å². The smallest absolute Gasteiger partial charge is 0.150 e. The molecule has 2 N–H and O–H groups in total. The van der Waals surface area contributed by atoms with E-state index in [1.165, 1.54) is 11.3 Å². The molecule has 0 saturated carbocycles. The summed E-state index contributed by atoms with van der Waals surface area (Å²) >= 11 is 7.57.